The van der Waals surface area contributed by atoms with E-state index in [2.05, 4.69) is 21.4 Å². The number of alkyl halides is 1. The van der Waals surface area contributed by atoms with Crippen LogP contribution in [0.2, 0.25) is 0 Å². The lowest BCUT2D eigenvalue weighted by atomic mass is 10.1. The molecule has 1 aromatic carbocycles. The van der Waals surface area contributed by atoms with Gasteiger partial charge in [0.25, 0.3) is 23.6 Å². The highest BCUT2D eigenvalue weighted by molar-refractivity contribution is 6.18. The van der Waals surface area contributed by atoms with Crippen LogP contribution in [-0.2, 0) is 20.6 Å². The van der Waals surface area contributed by atoms with Gasteiger partial charge in [-0.2, -0.15) is 0 Å². The molecule has 4 amide bonds. The zero-order valence-electron chi connectivity index (χ0n) is 27.1. The second kappa shape index (κ2) is 16.7. The average Bonchev–Trinajstić information content (AvgIpc) is 3.73. The van der Waals surface area contributed by atoms with E-state index in [4.69, 9.17) is 22.7 Å². The number of nitrogens with two attached hydrogens (primary N) is 1. The van der Waals surface area contributed by atoms with Crippen molar-refractivity contribution in [2.45, 2.75) is 26.8 Å². The van der Waals surface area contributed by atoms with E-state index < -0.39 is 11.8 Å². The van der Waals surface area contributed by atoms with Crippen molar-refractivity contribution in [3.63, 3.8) is 0 Å². The van der Waals surface area contributed by atoms with Gasteiger partial charge in [-0.3, -0.25) is 24.6 Å². The molecule has 0 saturated carbocycles. The fraction of sp³-hybridized carbons (Fsp3) is 0.281. The van der Waals surface area contributed by atoms with Crippen molar-refractivity contribution >= 4 is 70.5 Å². The maximum atomic E-state index is 13.5. The zero-order chi connectivity index (χ0) is 34.2. The standard InChI is InChI=1S/C32H39ClN10O4.ClH/c1-5-42-19-24(43(37-13-11-33)32(47)21-8-6-20(2)7-9-21)16-27(42)31(46)39-23-15-26(41(4)18-23)30(45)38-22-14-25(40(3)17-22)29(44)36-12-10-28(34)35;/h6-9,14-19,37H,5,10-13H2,1-4H3,(H3,34,35)(H,36,44)(H,38,45)(H,39,46);1H. The quantitative estimate of drug-likeness (QED) is 0.0503. The largest absolute Gasteiger partial charge is 0.388 e. The first-order chi connectivity index (χ1) is 22.4. The van der Waals surface area contributed by atoms with E-state index >= 15 is 0 Å². The maximum absolute atomic E-state index is 13.5. The number of nitrogens with one attached hydrogen (secondary N) is 5. The monoisotopic (exact) mass is 698 g/mol. The fourth-order valence-electron chi connectivity index (χ4n) is 4.84. The summed E-state index contributed by atoms with van der Waals surface area (Å²) in [5, 5.41) is 17.0. The van der Waals surface area contributed by atoms with Crippen LogP contribution in [0.3, 0.4) is 0 Å². The Bertz CT molecular complexity index is 1790. The van der Waals surface area contributed by atoms with Crippen molar-refractivity contribution in [2.24, 2.45) is 19.8 Å². The molecule has 0 atom stereocenters. The maximum Gasteiger partial charge on any atom is 0.272 e. The van der Waals surface area contributed by atoms with Crippen LogP contribution in [0.25, 0.3) is 0 Å². The highest BCUT2D eigenvalue weighted by Gasteiger charge is 2.23. The van der Waals surface area contributed by atoms with E-state index in [1.54, 1.807) is 70.7 Å². The summed E-state index contributed by atoms with van der Waals surface area (Å²) in [5.41, 5.74) is 12.0. The number of nitrogens with zero attached hydrogens (tertiary/aromatic N) is 4. The lowest BCUT2D eigenvalue weighted by molar-refractivity contribution is 0.0943. The van der Waals surface area contributed by atoms with Crippen LogP contribution in [0.4, 0.5) is 17.1 Å². The van der Waals surface area contributed by atoms with Gasteiger partial charge >= 0.3 is 0 Å². The lowest BCUT2D eigenvalue weighted by Crippen LogP contribution is -2.44. The summed E-state index contributed by atoms with van der Waals surface area (Å²) in [4.78, 5) is 52.6. The van der Waals surface area contributed by atoms with Gasteiger partial charge in [-0.1, -0.05) is 17.7 Å². The third kappa shape index (κ3) is 9.06. The molecule has 14 nitrogen and oxygen atoms in total. The molecule has 0 aliphatic carbocycles. The first-order valence-electron chi connectivity index (χ1n) is 14.9. The number of rotatable bonds is 14. The predicted molar refractivity (Wildman–Crippen MR) is 190 cm³/mol. The number of amidine groups is 1. The lowest BCUT2D eigenvalue weighted by Gasteiger charge is -2.22. The molecule has 0 fully saturated rings. The zero-order valence-corrected chi connectivity index (χ0v) is 28.7. The van der Waals surface area contributed by atoms with Crippen molar-refractivity contribution in [2.75, 3.05) is 34.6 Å². The van der Waals surface area contributed by atoms with Gasteiger partial charge in [-0.25, -0.2) is 10.4 Å². The van der Waals surface area contributed by atoms with Crippen molar-refractivity contribution in [3.8, 4) is 0 Å². The minimum absolute atomic E-state index is 0. The predicted octanol–water partition coefficient (Wildman–Crippen LogP) is 3.87. The molecule has 3 heterocycles. The van der Waals surface area contributed by atoms with Gasteiger partial charge in [-0.05, 0) is 44.2 Å². The van der Waals surface area contributed by atoms with Crippen LogP contribution in [-0.4, -0.2) is 62.1 Å². The molecule has 0 bridgehead atoms. The molecule has 0 saturated heterocycles. The molecule has 3 aromatic heterocycles. The number of carbonyl (C=O) groups excluding carboxylic acids is 4. The topological polar surface area (TPSA) is 184 Å². The number of carbonyl (C=O) groups is 4. The molecule has 7 N–H and O–H groups in total. The summed E-state index contributed by atoms with van der Waals surface area (Å²) in [6, 6.07) is 11.9. The second-order valence-corrected chi connectivity index (χ2v) is 11.2. The van der Waals surface area contributed by atoms with Gasteiger partial charge in [-0.15, -0.1) is 24.0 Å². The van der Waals surface area contributed by atoms with Crippen LogP contribution < -0.4 is 32.1 Å². The van der Waals surface area contributed by atoms with Crippen LogP contribution in [0.1, 0.15) is 60.7 Å². The smallest absolute Gasteiger partial charge is 0.272 e. The summed E-state index contributed by atoms with van der Waals surface area (Å²) in [6.45, 7) is 4.83. The molecule has 4 aromatic rings. The number of hydrazine groups is 1. The van der Waals surface area contributed by atoms with E-state index in [-0.39, 0.29) is 54.6 Å². The van der Waals surface area contributed by atoms with Crippen LogP contribution in [0, 0.1) is 12.3 Å². The number of amides is 4. The first kappa shape index (κ1) is 37.4. The minimum atomic E-state index is -0.447. The van der Waals surface area contributed by atoms with Gasteiger partial charge in [0.2, 0.25) is 0 Å². The number of anilines is 3. The molecular weight excluding hydrogens is 659 g/mol. The van der Waals surface area contributed by atoms with E-state index in [1.165, 1.54) is 11.1 Å². The summed E-state index contributed by atoms with van der Waals surface area (Å²) in [7, 11) is 3.35. The molecule has 0 aliphatic rings. The van der Waals surface area contributed by atoms with Crippen LogP contribution in [0.15, 0.2) is 61.1 Å². The molecule has 0 radical (unpaired) electrons. The second-order valence-electron chi connectivity index (χ2n) is 10.9. The molecule has 0 unspecified atom stereocenters. The van der Waals surface area contributed by atoms with E-state index in [9.17, 15) is 19.2 Å². The van der Waals surface area contributed by atoms with Gasteiger partial charge in [0, 0.05) is 70.2 Å². The summed E-state index contributed by atoms with van der Waals surface area (Å²) >= 11 is 5.91. The Morgan fingerprint density at radius 3 is 1.96 bits per heavy atom. The average molecular weight is 700 g/mol. The van der Waals surface area contributed by atoms with Crippen LogP contribution in [0.5, 0.6) is 0 Å². The highest BCUT2D eigenvalue weighted by atomic mass is 35.5. The number of halogens is 2. The van der Waals surface area contributed by atoms with Gasteiger partial charge in [0.05, 0.1) is 22.9 Å². The first-order valence-corrected chi connectivity index (χ1v) is 15.4. The Balaban J connectivity index is 0.00000625. The van der Waals surface area contributed by atoms with Crippen molar-refractivity contribution in [3.05, 3.63) is 89.3 Å². The minimum Gasteiger partial charge on any atom is -0.388 e. The molecule has 256 valence electrons. The number of hydrogen-bond donors (Lipinski definition) is 6. The summed E-state index contributed by atoms with van der Waals surface area (Å²) in [6.07, 6.45) is 5.16. The van der Waals surface area contributed by atoms with E-state index in [1.807, 2.05) is 26.0 Å². The van der Waals surface area contributed by atoms with Crippen molar-refractivity contribution in [1.29, 1.82) is 5.41 Å². The highest BCUT2D eigenvalue weighted by Crippen LogP contribution is 2.23. The number of benzene rings is 1. The summed E-state index contributed by atoms with van der Waals surface area (Å²) < 4.78 is 4.88. The SMILES string of the molecule is CCn1cc(N(NCCCl)C(=O)c2ccc(C)cc2)cc1C(=O)Nc1cc(C(=O)Nc2cc(C(=O)NCCC(=N)N)n(C)c2)n(C)c1.Cl. The molecule has 0 aliphatic heterocycles. The Kier molecular flexibility index (Phi) is 13.0. The Hall–Kier alpha value is -5.05. The molecular formula is C32H40Cl2N10O4. The van der Waals surface area contributed by atoms with Gasteiger partial charge in [0.15, 0.2) is 0 Å². The Labute approximate surface area is 289 Å². The summed E-state index contributed by atoms with van der Waals surface area (Å²) in [5.74, 6) is -1.30. The van der Waals surface area contributed by atoms with Gasteiger partial charge in [0.1, 0.15) is 17.1 Å². The molecule has 16 heteroatoms. The van der Waals surface area contributed by atoms with Crippen LogP contribution >= 0.6 is 24.0 Å². The normalized spacial score (nSPS) is 10.6. The van der Waals surface area contributed by atoms with Crippen molar-refractivity contribution in [1.82, 2.24) is 24.4 Å². The molecule has 4 rings (SSSR count). The molecule has 0 spiro atoms. The Morgan fingerprint density at radius 2 is 1.42 bits per heavy atom. The van der Waals surface area contributed by atoms with Crippen molar-refractivity contribution < 1.29 is 19.2 Å². The van der Waals surface area contributed by atoms with E-state index in [0.717, 1.165) is 5.56 Å². The fourth-order valence-corrected chi connectivity index (χ4v) is 4.92. The third-order valence-electron chi connectivity index (χ3n) is 7.25. The molecule has 48 heavy (non-hydrogen) atoms. The van der Waals surface area contributed by atoms with E-state index in [0.29, 0.717) is 47.1 Å². The van der Waals surface area contributed by atoms with Gasteiger partial charge < -0.3 is 35.4 Å². The number of aryl methyl sites for hydroxylation is 4. The number of hydrogen-bond acceptors (Lipinski definition) is 6. The Morgan fingerprint density at radius 1 is 0.854 bits per heavy atom. The third-order valence-corrected chi connectivity index (χ3v) is 7.44. The number of aromatic nitrogens is 3.